The first-order valence-corrected chi connectivity index (χ1v) is 9.68. The van der Waals surface area contributed by atoms with Crippen LogP contribution in [0.15, 0.2) is 18.2 Å². The molecular weight excluding hydrogens is 316 g/mol. The smallest absolute Gasteiger partial charge is 0.315 e. The first kappa shape index (κ1) is 15.5. The number of hydrogen-bond acceptors (Lipinski definition) is 3. The van der Waals surface area contributed by atoms with E-state index in [0.717, 1.165) is 37.0 Å². The van der Waals surface area contributed by atoms with Gasteiger partial charge < -0.3 is 20.5 Å². The lowest BCUT2D eigenvalue weighted by Crippen LogP contribution is -2.69. The Kier molecular flexibility index (Phi) is 3.49. The van der Waals surface area contributed by atoms with Gasteiger partial charge in [-0.25, -0.2) is 4.79 Å². The van der Waals surface area contributed by atoms with E-state index in [-0.39, 0.29) is 23.5 Å². The number of rotatable bonds is 2. The van der Waals surface area contributed by atoms with Crippen LogP contribution >= 0.6 is 0 Å². The van der Waals surface area contributed by atoms with E-state index in [2.05, 4.69) is 10.6 Å². The van der Waals surface area contributed by atoms with Crippen molar-refractivity contribution in [2.45, 2.75) is 63.1 Å². The summed E-state index contributed by atoms with van der Waals surface area (Å²) in [5, 5.41) is 16.4. The summed E-state index contributed by atoms with van der Waals surface area (Å²) in [4.78, 5) is 12.7. The van der Waals surface area contributed by atoms with Crippen LogP contribution in [0.5, 0.6) is 5.75 Å². The first-order valence-electron chi connectivity index (χ1n) is 9.68. The van der Waals surface area contributed by atoms with Crippen molar-refractivity contribution in [1.82, 2.24) is 10.6 Å². The standard InChI is InChI=1S/C20H26N2O3/c23-16-5-3-4-12-13(16)6-7-15(12)21-19(24)22-17-14-8-11-25-18(14)20(17)9-1-2-10-20/h3-5,14-15,17-18,23H,1-2,6-11H2,(H2,21,22,24)/t14-,15+,17-,18-/m0/s1. The Hall–Kier alpha value is -1.75. The molecular formula is C20H26N2O3. The number of phenolic OH excluding ortho intramolecular Hbond substituents is 1. The molecule has 134 valence electrons. The van der Waals surface area contributed by atoms with Crippen molar-refractivity contribution in [3.8, 4) is 5.75 Å². The molecule has 4 aliphatic rings. The predicted octanol–water partition coefficient (Wildman–Crippen LogP) is 3.03. The molecule has 0 aromatic heterocycles. The Morgan fingerprint density at radius 2 is 2.04 bits per heavy atom. The van der Waals surface area contributed by atoms with Gasteiger partial charge in [0.15, 0.2) is 0 Å². The molecule has 25 heavy (non-hydrogen) atoms. The molecule has 5 nitrogen and oxygen atoms in total. The molecule has 3 fully saturated rings. The number of hydrogen-bond donors (Lipinski definition) is 3. The fourth-order valence-corrected chi connectivity index (χ4v) is 6.03. The van der Waals surface area contributed by atoms with Crippen LogP contribution < -0.4 is 10.6 Å². The number of carbonyl (C=O) groups excluding carboxylic acids is 1. The predicted molar refractivity (Wildman–Crippen MR) is 93.4 cm³/mol. The number of ether oxygens (including phenoxy) is 1. The Labute approximate surface area is 148 Å². The summed E-state index contributed by atoms with van der Waals surface area (Å²) in [6.07, 6.45) is 7.97. The number of fused-ring (bicyclic) bond motifs is 3. The molecule has 1 aromatic carbocycles. The van der Waals surface area contributed by atoms with Crippen LogP contribution in [-0.2, 0) is 11.2 Å². The van der Waals surface area contributed by atoms with Crippen LogP contribution in [0.1, 0.15) is 55.7 Å². The SMILES string of the molecule is O=C(N[C@@H]1CCc2c(O)cccc21)N[C@H]1[C@@H]2CCO[C@@H]2C12CCCC2. The molecule has 3 N–H and O–H groups in total. The van der Waals surface area contributed by atoms with Gasteiger partial charge in [-0.05, 0) is 49.3 Å². The summed E-state index contributed by atoms with van der Waals surface area (Å²) in [5.74, 6) is 0.834. The van der Waals surface area contributed by atoms with E-state index in [0.29, 0.717) is 17.8 Å². The van der Waals surface area contributed by atoms with Gasteiger partial charge in [-0.1, -0.05) is 25.0 Å². The van der Waals surface area contributed by atoms with Gasteiger partial charge in [0.25, 0.3) is 0 Å². The fourth-order valence-electron chi connectivity index (χ4n) is 6.03. The summed E-state index contributed by atoms with van der Waals surface area (Å²) in [6.45, 7) is 0.839. The van der Waals surface area contributed by atoms with Gasteiger partial charge >= 0.3 is 6.03 Å². The van der Waals surface area contributed by atoms with Crippen LogP contribution in [0.3, 0.4) is 0 Å². The monoisotopic (exact) mass is 342 g/mol. The maximum Gasteiger partial charge on any atom is 0.315 e. The molecule has 2 amide bonds. The molecule has 1 aliphatic heterocycles. The largest absolute Gasteiger partial charge is 0.508 e. The molecule has 0 bridgehead atoms. The maximum absolute atomic E-state index is 12.7. The number of nitrogens with one attached hydrogen (secondary N) is 2. The normalized spacial score (nSPS) is 34.4. The third kappa shape index (κ3) is 2.21. The lowest BCUT2D eigenvalue weighted by molar-refractivity contribution is -0.126. The van der Waals surface area contributed by atoms with Gasteiger partial charge in [0, 0.05) is 24.0 Å². The lowest BCUT2D eigenvalue weighted by atomic mass is 9.54. The highest BCUT2D eigenvalue weighted by molar-refractivity contribution is 5.75. The molecule has 5 rings (SSSR count). The minimum Gasteiger partial charge on any atom is -0.508 e. The Morgan fingerprint density at radius 1 is 1.20 bits per heavy atom. The van der Waals surface area contributed by atoms with Crippen molar-refractivity contribution in [3.05, 3.63) is 29.3 Å². The van der Waals surface area contributed by atoms with E-state index in [1.807, 2.05) is 12.1 Å². The van der Waals surface area contributed by atoms with Crippen molar-refractivity contribution in [2.24, 2.45) is 11.3 Å². The first-order chi connectivity index (χ1) is 12.2. The second kappa shape index (κ2) is 5.63. The third-order valence-corrected chi connectivity index (χ3v) is 7.12. The highest BCUT2D eigenvalue weighted by Crippen LogP contribution is 2.60. The molecule has 4 atom stereocenters. The van der Waals surface area contributed by atoms with Crippen molar-refractivity contribution in [3.63, 3.8) is 0 Å². The molecule has 1 saturated heterocycles. The summed E-state index contributed by atoms with van der Waals surface area (Å²) < 4.78 is 6.00. The van der Waals surface area contributed by atoms with E-state index in [1.165, 1.54) is 25.7 Å². The van der Waals surface area contributed by atoms with Crippen LogP contribution in [0.2, 0.25) is 0 Å². The van der Waals surface area contributed by atoms with E-state index in [4.69, 9.17) is 4.74 Å². The molecule has 0 radical (unpaired) electrons. The molecule has 1 spiro atoms. The zero-order chi connectivity index (χ0) is 17.0. The third-order valence-electron chi connectivity index (χ3n) is 7.12. The Morgan fingerprint density at radius 3 is 2.88 bits per heavy atom. The Balaban J connectivity index is 1.28. The number of phenols is 1. The van der Waals surface area contributed by atoms with E-state index in [1.54, 1.807) is 6.07 Å². The van der Waals surface area contributed by atoms with Gasteiger partial charge in [0.1, 0.15) is 5.75 Å². The van der Waals surface area contributed by atoms with Gasteiger partial charge in [-0.15, -0.1) is 0 Å². The van der Waals surface area contributed by atoms with Gasteiger partial charge in [0.2, 0.25) is 0 Å². The maximum atomic E-state index is 12.7. The van der Waals surface area contributed by atoms with Crippen molar-refractivity contribution in [2.75, 3.05) is 6.61 Å². The average molecular weight is 342 g/mol. The number of aromatic hydroxyl groups is 1. The lowest BCUT2D eigenvalue weighted by Gasteiger charge is -2.56. The molecule has 5 heteroatoms. The molecule has 0 unspecified atom stereocenters. The second-order valence-corrected chi connectivity index (χ2v) is 8.22. The van der Waals surface area contributed by atoms with Crippen LogP contribution in [-0.4, -0.2) is 29.9 Å². The van der Waals surface area contributed by atoms with Crippen LogP contribution in [0.25, 0.3) is 0 Å². The number of urea groups is 1. The fraction of sp³-hybridized carbons (Fsp3) is 0.650. The summed E-state index contributed by atoms with van der Waals surface area (Å²) in [6, 6.07) is 5.77. The summed E-state index contributed by atoms with van der Waals surface area (Å²) in [7, 11) is 0. The number of carbonyl (C=O) groups is 1. The highest BCUT2D eigenvalue weighted by atomic mass is 16.5. The molecule has 2 saturated carbocycles. The molecule has 1 aromatic rings. The van der Waals surface area contributed by atoms with Gasteiger partial charge in [-0.3, -0.25) is 0 Å². The second-order valence-electron chi connectivity index (χ2n) is 8.22. The zero-order valence-corrected chi connectivity index (χ0v) is 14.5. The van der Waals surface area contributed by atoms with E-state index < -0.39 is 0 Å². The summed E-state index contributed by atoms with van der Waals surface area (Å²) >= 11 is 0. The number of amides is 2. The zero-order valence-electron chi connectivity index (χ0n) is 14.5. The van der Waals surface area contributed by atoms with Crippen LogP contribution in [0.4, 0.5) is 4.79 Å². The van der Waals surface area contributed by atoms with Crippen LogP contribution in [0, 0.1) is 11.3 Å². The van der Waals surface area contributed by atoms with E-state index in [9.17, 15) is 9.90 Å². The summed E-state index contributed by atoms with van der Waals surface area (Å²) in [5.41, 5.74) is 2.22. The highest BCUT2D eigenvalue weighted by Gasteiger charge is 2.65. The van der Waals surface area contributed by atoms with Gasteiger partial charge in [-0.2, -0.15) is 0 Å². The van der Waals surface area contributed by atoms with Crippen molar-refractivity contribution < 1.29 is 14.6 Å². The minimum atomic E-state index is -0.0668. The molecule has 1 heterocycles. The van der Waals surface area contributed by atoms with E-state index >= 15 is 0 Å². The average Bonchev–Trinajstić information content (AvgIpc) is 3.32. The topological polar surface area (TPSA) is 70.6 Å². The van der Waals surface area contributed by atoms with Crippen molar-refractivity contribution >= 4 is 6.03 Å². The minimum absolute atomic E-state index is 0.00247. The van der Waals surface area contributed by atoms with Crippen molar-refractivity contribution in [1.29, 1.82) is 0 Å². The van der Waals surface area contributed by atoms with Gasteiger partial charge in [0.05, 0.1) is 12.1 Å². The number of benzene rings is 1. The Bertz CT molecular complexity index is 698. The quantitative estimate of drug-likeness (QED) is 0.774. The molecule has 3 aliphatic carbocycles.